The van der Waals surface area contributed by atoms with E-state index in [0.29, 0.717) is 17.9 Å². The molecule has 124 valence electrons. The van der Waals surface area contributed by atoms with E-state index >= 15 is 0 Å². The first-order chi connectivity index (χ1) is 11.0. The summed E-state index contributed by atoms with van der Waals surface area (Å²) in [7, 11) is 0. The Balaban J connectivity index is 2.09. The van der Waals surface area contributed by atoms with E-state index in [9.17, 15) is 14.4 Å². The van der Waals surface area contributed by atoms with Gasteiger partial charge in [-0.3, -0.25) is 19.2 Å². The quantitative estimate of drug-likeness (QED) is 0.546. The summed E-state index contributed by atoms with van der Waals surface area (Å²) >= 11 is 0. The Morgan fingerprint density at radius 3 is 2.26 bits per heavy atom. The highest BCUT2D eigenvalue weighted by atomic mass is 16.7. The van der Waals surface area contributed by atoms with E-state index in [2.05, 4.69) is 13.8 Å². The summed E-state index contributed by atoms with van der Waals surface area (Å²) in [4.78, 5) is 41.6. The lowest BCUT2D eigenvalue weighted by atomic mass is 9.99. The molecular formula is C18H23NO4. The Morgan fingerprint density at radius 1 is 1.09 bits per heavy atom. The number of ketones is 1. The molecule has 0 N–H and O–H groups in total. The molecule has 2 amide bonds. The molecule has 1 aliphatic heterocycles. The molecule has 0 aromatic heterocycles. The number of benzene rings is 1. The molecule has 1 aromatic carbocycles. The number of carbonyl (C=O) groups excluding carboxylic acids is 3. The number of Topliss-reactive ketones (excluding diaryl/α,β-unsaturated/α-hetero) is 1. The number of hydrogen-bond acceptors (Lipinski definition) is 4. The second-order valence-electron chi connectivity index (χ2n) is 6.23. The molecular weight excluding hydrogens is 294 g/mol. The van der Waals surface area contributed by atoms with Crippen molar-refractivity contribution in [3.8, 4) is 0 Å². The zero-order valence-electron chi connectivity index (χ0n) is 13.7. The van der Waals surface area contributed by atoms with Crippen molar-refractivity contribution in [1.29, 1.82) is 0 Å². The van der Waals surface area contributed by atoms with E-state index in [1.165, 1.54) is 0 Å². The van der Waals surface area contributed by atoms with Gasteiger partial charge in [0.2, 0.25) is 0 Å². The van der Waals surface area contributed by atoms with Gasteiger partial charge < -0.3 is 0 Å². The maximum Gasteiger partial charge on any atom is 0.254 e. The Kier molecular flexibility index (Phi) is 6.04. The smallest absolute Gasteiger partial charge is 0.254 e. The first-order valence-electron chi connectivity index (χ1n) is 8.11. The third-order valence-corrected chi connectivity index (χ3v) is 3.84. The molecule has 2 rings (SSSR count). The molecule has 5 nitrogen and oxygen atoms in total. The second-order valence-corrected chi connectivity index (χ2v) is 6.23. The third kappa shape index (κ3) is 4.73. The minimum Gasteiger partial charge on any atom is -0.291 e. The lowest BCUT2D eigenvalue weighted by molar-refractivity contribution is -0.196. The molecule has 0 saturated carbocycles. The van der Waals surface area contributed by atoms with Gasteiger partial charge in [0.1, 0.15) is 6.10 Å². The van der Waals surface area contributed by atoms with Crippen LogP contribution in [0, 0.1) is 5.92 Å². The fraction of sp³-hybridized carbons (Fsp3) is 0.500. The molecule has 0 bridgehead atoms. The fourth-order valence-corrected chi connectivity index (χ4v) is 2.53. The summed E-state index contributed by atoms with van der Waals surface area (Å²) < 4.78 is 0. The summed E-state index contributed by atoms with van der Waals surface area (Å²) in [5.74, 6) is -0.408. The average molecular weight is 317 g/mol. The molecule has 1 aromatic rings. The van der Waals surface area contributed by atoms with Gasteiger partial charge in [-0.05, 0) is 12.3 Å². The monoisotopic (exact) mass is 317 g/mol. The zero-order valence-corrected chi connectivity index (χ0v) is 13.7. The van der Waals surface area contributed by atoms with Crippen LogP contribution < -0.4 is 0 Å². The van der Waals surface area contributed by atoms with Gasteiger partial charge in [0, 0.05) is 18.4 Å². The first-order valence-corrected chi connectivity index (χ1v) is 8.11. The minimum absolute atomic E-state index is 0.150. The maximum atomic E-state index is 12.6. The average Bonchev–Trinajstić information content (AvgIpc) is 2.85. The Labute approximate surface area is 136 Å². The predicted molar refractivity (Wildman–Crippen MR) is 85.4 cm³/mol. The SMILES string of the molecule is CC(C)CCCC(ON1C(=O)CCC1=O)C(=O)c1ccccc1. The van der Waals surface area contributed by atoms with E-state index in [1.807, 2.05) is 6.07 Å². The van der Waals surface area contributed by atoms with Gasteiger partial charge in [-0.2, -0.15) is 5.06 Å². The van der Waals surface area contributed by atoms with Crippen molar-refractivity contribution in [3.05, 3.63) is 35.9 Å². The van der Waals surface area contributed by atoms with Crippen molar-refractivity contribution in [3.63, 3.8) is 0 Å². The van der Waals surface area contributed by atoms with Crippen LogP contribution in [0.2, 0.25) is 0 Å². The summed E-state index contributed by atoms with van der Waals surface area (Å²) in [6.07, 6.45) is 1.75. The van der Waals surface area contributed by atoms with Crippen LogP contribution in [-0.4, -0.2) is 28.8 Å². The standard InChI is InChI=1S/C18H23NO4/c1-13(2)7-6-10-15(18(22)14-8-4-3-5-9-14)23-19-16(20)11-12-17(19)21/h3-5,8-9,13,15H,6-7,10-12H2,1-2H3. The highest BCUT2D eigenvalue weighted by Gasteiger charge is 2.34. The topological polar surface area (TPSA) is 63.7 Å². The summed E-state index contributed by atoms with van der Waals surface area (Å²) in [6.45, 7) is 4.23. The van der Waals surface area contributed by atoms with Gasteiger partial charge in [0.25, 0.3) is 11.8 Å². The van der Waals surface area contributed by atoms with Crippen LogP contribution in [0.3, 0.4) is 0 Å². The van der Waals surface area contributed by atoms with Crippen LogP contribution in [0.5, 0.6) is 0 Å². The first kappa shape index (κ1) is 17.3. The molecule has 0 spiro atoms. The lowest BCUT2D eigenvalue weighted by Crippen LogP contribution is -2.37. The second kappa shape index (κ2) is 8.02. The minimum atomic E-state index is -0.804. The van der Waals surface area contributed by atoms with Gasteiger partial charge >= 0.3 is 0 Å². The predicted octanol–water partition coefficient (Wildman–Crippen LogP) is 3.14. The molecule has 1 fully saturated rings. The van der Waals surface area contributed by atoms with Gasteiger partial charge in [0.15, 0.2) is 5.78 Å². The Hall–Kier alpha value is -2.01. The molecule has 5 heteroatoms. The summed E-state index contributed by atoms with van der Waals surface area (Å²) in [6, 6.07) is 8.83. The molecule has 1 atom stereocenters. The Morgan fingerprint density at radius 2 is 1.70 bits per heavy atom. The van der Waals surface area contributed by atoms with Crippen LogP contribution in [0.4, 0.5) is 0 Å². The highest BCUT2D eigenvalue weighted by molar-refractivity contribution is 6.02. The van der Waals surface area contributed by atoms with Crippen LogP contribution in [0.25, 0.3) is 0 Å². The molecule has 1 aliphatic rings. The van der Waals surface area contributed by atoms with E-state index in [0.717, 1.165) is 17.9 Å². The van der Waals surface area contributed by atoms with Gasteiger partial charge in [0.05, 0.1) is 0 Å². The molecule has 1 unspecified atom stereocenters. The lowest BCUT2D eigenvalue weighted by Gasteiger charge is -2.22. The van der Waals surface area contributed by atoms with Crippen molar-refractivity contribution in [2.24, 2.45) is 5.92 Å². The van der Waals surface area contributed by atoms with Crippen molar-refractivity contribution >= 4 is 17.6 Å². The van der Waals surface area contributed by atoms with Gasteiger partial charge in [-0.15, -0.1) is 0 Å². The molecule has 1 heterocycles. The van der Waals surface area contributed by atoms with Crippen LogP contribution in [-0.2, 0) is 14.4 Å². The number of amides is 2. The Bertz CT molecular complexity index is 552. The number of hydroxylamine groups is 2. The number of imide groups is 1. The molecule has 0 aliphatic carbocycles. The van der Waals surface area contributed by atoms with E-state index < -0.39 is 6.10 Å². The fourth-order valence-electron chi connectivity index (χ4n) is 2.53. The molecule has 1 saturated heterocycles. The summed E-state index contributed by atoms with van der Waals surface area (Å²) in [5.41, 5.74) is 0.529. The van der Waals surface area contributed by atoms with Crippen LogP contribution >= 0.6 is 0 Å². The van der Waals surface area contributed by atoms with E-state index in [-0.39, 0.29) is 30.4 Å². The van der Waals surface area contributed by atoms with Crippen LogP contribution in [0.15, 0.2) is 30.3 Å². The zero-order chi connectivity index (χ0) is 16.8. The van der Waals surface area contributed by atoms with Crippen molar-refractivity contribution in [2.75, 3.05) is 0 Å². The number of hydrogen-bond donors (Lipinski definition) is 0. The number of carbonyl (C=O) groups is 3. The van der Waals surface area contributed by atoms with Gasteiger partial charge in [-0.25, -0.2) is 0 Å². The number of nitrogens with zero attached hydrogens (tertiary/aromatic N) is 1. The van der Waals surface area contributed by atoms with E-state index in [4.69, 9.17) is 4.84 Å². The largest absolute Gasteiger partial charge is 0.291 e. The van der Waals surface area contributed by atoms with Gasteiger partial charge in [-0.1, -0.05) is 57.0 Å². The molecule has 23 heavy (non-hydrogen) atoms. The highest BCUT2D eigenvalue weighted by Crippen LogP contribution is 2.20. The summed E-state index contributed by atoms with van der Waals surface area (Å²) in [5, 5.41) is 0.779. The normalized spacial score (nSPS) is 16.2. The van der Waals surface area contributed by atoms with Crippen molar-refractivity contribution in [1.82, 2.24) is 5.06 Å². The number of rotatable bonds is 8. The van der Waals surface area contributed by atoms with Crippen molar-refractivity contribution in [2.45, 2.75) is 52.1 Å². The van der Waals surface area contributed by atoms with Crippen molar-refractivity contribution < 1.29 is 19.2 Å². The maximum absolute atomic E-state index is 12.6. The molecule has 0 radical (unpaired) electrons. The van der Waals surface area contributed by atoms with E-state index in [1.54, 1.807) is 24.3 Å². The van der Waals surface area contributed by atoms with Crippen LogP contribution in [0.1, 0.15) is 56.3 Å². The third-order valence-electron chi connectivity index (χ3n) is 3.84.